The van der Waals surface area contributed by atoms with Crippen molar-refractivity contribution in [1.82, 2.24) is 0 Å². The van der Waals surface area contributed by atoms with Gasteiger partial charge in [0.25, 0.3) is 0 Å². The first kappa shape index (κ1) is 13.2. The monoisotopic (exact) mass is 278 g/mol. The number of allylic oxidation sites excluding steroid dienone is 1. The van der Waals surface area contributed by atoms with E-state index in [4.69, 9.17) is 9.15 Å². The van der Waals surface area contributed by atoms with E-state index in [-0.39, 0.29) is 5.78 Å². The molecule has 0 aliphatic heterocycles. The van der Waals surface area contributed by atoms with Gasteiger partial charge in [-0.25, -0.2) is 0 Å². The number of hydrogen-bond donors (Lipinski definition) is 0. The molecule has 0 amide bonds. The minimum atomic E-state index is -0.0528. The smallest absolute Gasteiger partial charge is 0.185 e. The predicted molar refractivity (Wildman–Crippen MR) is 82.6 cm³/mol. The van der Waals surface area contributed by atoms with Crippen LogP contribution < -0.4 is 4.74 Å². The molecular weight excluding hydrogens is 264 g/mol. The number of fused-ring (bicyclic) bond motifs is 1. The molecule has 1 aromatic heterocycles. The zero-order chi connectivity index (χ0) is 14.7. The largest absolute Gasteiger partial charge is 0.493 e. The van der Waals surface area contributed by atoms with Crippen molar-refractivity contribution in [3.63, 3.8) is 0 Å². The molecule has 3 rings (SSSR count). The van der Waals surface area contributed by atoms with E-state index in [0.717, 1.165) is 5.39 Å². The van der Waals surface area contributed by atoms with E-state index in [1.807, 2.05) is 42.5 Å². The summed E-state index contributed by atoms with van der Waals surface area (Å²) in [6, 6.07) is 16.7. The minimum absolute atomic E-state index is 0.0528. The highest BCUT2D eigenvalue weighted by Gasteiger charge is 2.07. The predicted octanol–water partition coefficient (Wildman–Crippen LogP) is 4.34. The van der Waals surface area contributed by atoms with Gasteiger partial charge in [0.1, 0.15) is 5.76 Å². The normalized spacial score (nSPS) is 11.1. The molecule has 0 bridgehead atoms. The Labute approximate surface area is 122 Å². The van der Waals surface area contributed by atoms with Crippen LogP contribution in [0, 0.1) is 0 Å². The average Bonchev–Trinajstić information content (AvgIpc) is 2.96. The van der Waals surface area contributed by atoms with Crippen LogP contribution in [0.4, 0.5) is 0 Å². The summed E-state index contributed by atoms with van der Waals surface area (Å²) in [4.78, 5) is 12.0. The number of carbonyl (C=O) groups is 1. The molecule has 3 nitrogen and oxygen atoms in total. The molecule has 0 aliphatic carbocycles. The van der Waals surface area contributed by atoms with Gasteiger partial charge >= 0.3 is 0 Å². The van der Waals surface area contributed by atoms with Crippen LogP contribution in [-0.4, -0.2) is 12.9 Å². The maximum Gasteiger partial charge on any atom is 0.185 e. The molecule has 0 spiro atoms. The summed E-state index contributed by atoms with van der Waals surface area (Å²) in [6.07, 6.45) is 3.19. The molecule has 104 valence electrons. The summed E-state index contributed by atoms with van der Waals surface area (Å²) >= 11 is 0. The van der Waals surface area contributed by atoms with Crippen LogP contribution >= 0.6 is 0 Å². The Morgan fingerprint density at radius 1 is 1.10 bits per heavy atom. The van der Waals surface area contributed by atoms with Crippen LogP contribution in [0.25, 0.3) is 17.0 Å². The molecule has 0 saturated carbocycles. The molecule has 2 aromatic carbocycles. The van der Waals surface area contributed by atoms with Gasteiger partial charge in [0.2, 0.25) is 0 Å². The Kier molecular flexibility index (Phi) is 3.56. The molecule has 0 N–H and O–H groups in total. The fourth-order valence-electron chi connectivity index (χ4n) is 2.16. The first-order chi connectivity index (χ1) is 10.3. The number of ether oxygens (including phenoxy) is 1. The van der Waals surface area contributed by atoms with E-state index in [2.05, 4.69) is 0 Å². The average molecular weight is 278 g/mol. The van der Waals surface area contributed by atoms with E-state index >= 15 is 0 Å². The highest BCUT2D eigenvalue weighted by atomic mass is 16.5. The number of methoxy groups -OCH3 is 1. The Balaban J connectivity index is 1.88. The molecule has 0 fully saturated rings. The maximum atomic E-state index is 12.0. The lowest BCUT2D eigenvalue weighted by Crippen LogP contribution is -1.92. The SMILES string of the molecule is COc1cccc2cc(/C=C/C(=O)c3ccccc3)oc12. The van der Waals surface area contributed by atoms with Crippen LogP contribution in [-0.2, 0) is 0 Å². The standard InChI is InChI=1S/C18H14O3/c1-20-17-9-5-8-14-12-15(21-18(14)17)10-11-16(19)13-6-3-2-4-7-13/h2-12H,1H3/b11-10+. The molecule has 0 aliphatic rings. The van der Waals surface area contributed by atoms with E-state index < -0.39 is 0 Å². The number of rotatable bonds is 4. The summed E-state index contributed by atoms with van der Waals surface area (Å²) in [6.45, 7) is 0. The minimum Gasteiger partial charge on any atom is -0.493 e. The first-order valence-corrected chi connectivity index (χ1v) is 6.62. The quantitative estimate of drug-likeness (QED) is 0.526. The lowest BCUT2D eigenvalue weighted by Gasteiger charge is -1.98. The number of benzene rings is 2. The second-order valence-electron chi connectivity index (χ2n) is 4.59. The number of ketones is 1. The van der Waals surface area contributed by atoms with Gasteiger partial charge < -0.3 is 9.15 Å². The Hall–Kier alpha value is -2.81. The van der Waals surface area contributed by atoms with Gasteiger partial charge in [-0.3, -0.25) is 4.79 Å². The van der Waals surface area contributed by atoms with Crippen molar-refractivity contribution in [2.24, 2.45) is 0 Å². The third-order valence-corrected chi connectivity index (χ3v) is 3.20. The topological polar surface area (TPSA) is 39.4 Å². The third kappa shape index (κ3) is 2.72. The Morgan fingerprint density at radius 2 is 1.90 bits per heavy atom. The van der Waals surface area contributed by atoms with Gasteiger partial charge in [-0.1, -0.05) is 42.5 Å². The van der Waals surface area contributed by atoms with E-state index in [1.54, 1.807) is 25.3 Å². The molecule has 0 radical (unpaired) electrons. The van der Waals surface area contributed by atoms with Crippen molar-refractivity contribution in [1.29, 1.82) is 0 Å². The number of hydrogen-bond acceptors (Lipinski definition) is 3. The summed E-state index contributed by atoms with van der Waals surface area (Å²) in [5, 5.41) is 0.946. The Morgan fingerprint density at radius 3 is 2.67 bits per heavy atom. The van der Waals surface area contributed by atoms with E-state index in [1.165, 1.54) is 6.08 Å². The molecule has 21 heavy (non-hydrogen) atoms. The fraction of sp³-hybridized carbons (Fsp3) is 0.0556. The van der Waals surface area contributed by atoms with Crippen LogP contribution in [0.15, 0.2) is 65.1 Å². The van der Waals surface area contributed by atoms with Gasteiger partial charge in [0.05, 0.1) is 7.11 Å². The van der Waals surface area contributed by atoms with E-state index in [9.17, 15) is 4.79 Å². The molecule has 1 heterocycles. The number of furan rings is 1. The molecule has 0 saturated heterocycles. The molecule has 0 unspecified atom stereocenters. The van der Waals surface area contributed by atoms with Gasteiger partial charge in [0.15, 0.2) is 17.1 Å². The highest BCUT2D eigenvalue weighted by molar-refractivity contribution is 6.06. The Bertz CT molecular complexity index is 798. The third-order valence-electron chi connectivity index (χ3n) is 3.20. The van der Waals surface area contributed by atoms with Crippen LogP contribution in [0.2, 0.25) is 0 Å². The van der Waals surface area contributed by atoms with Crippen molar-refractivity contribution in [2.45, 2.75) is 0 Å². The summed E-state index contributed by atoms with van der Waals surface area (Å²) in [7, 11) is 1.60. The molecule has 0 atom stereocenters. The van der Waals surface area contributed by atoms with Crippen LogP contribution in [0.5, 0.6) is 5.75 Å². The summed E-state index contributed by atoms with van der Waals surface area (Å²) < 4.78 is 11.0. The summed E-state index contributed by atoms with van der Waals surface area (Å²) in [5.41, 5.74) is 1.34. The van der Waals surface area contributed by atoms with Crippen molar-refractivity contribution < 1.29 is 13.9 Å². The summed E-state index contributed by atoms with van der Waals surface area (Å²) in [5.74, 6) is 1.25. The second-order valence-corrected chi connectivity index (χ2v) is 4.59. The first-order valence-electron chi connectivity index (χ1n) is 6.62. The maximum absolute atomic E-state index is 12.0. The number of para-hydroxylation sites is 1. The zero-order valence-electron chi connectivity index (χ0n) is 11.6. The van der Waals surface area contributed by atoms with Crippen LogP contribution in [0.1, 0.15) is 16.1 Å². The van der Waals surface area contributed by atoms with Crippen molar-refractivity contribution in [3.05, 3.63) is 72.0 Å². The van der Waals surface area contributed by atoms with E-state index in [0.29, 0.717) is 22.7 Å². The van der Waals surface area contributed by atoms with Gasteiger partial charge in [-0.15, -0.1) is 0 Å². The van der Waals surface area contributed by atoms with Crippen molar-refractivity contribution in [3.8, 4) is 5.75 Å². The molecule has 3 aromatic rings. The fourth-order valence-corrected chi connectivity index (χ4v) is 2.16. The van der Waals surface area contributed by atoms with Gasteiger partial charge in [-0.2, -0.15) is 0 Å². The van der Waals surface area contributed by atoms with Gasteiger partial charge in [0, 0.05) is 10.9 Å². The second kappa shape index (κ2) is 5.67. The van der Waals surface area contributed by atoms with Crippen molar-refractivity contribution >= 4 is 22.8 Å². The molecular formula is C18H14O3. The lowest BCUT2D eigenvalue weighted by molar-refractivity contribution is 0.104. The highest BCUT2D eigenvalue weighted by Crippen LogP contribution is 2.28. The lowest BCUT2D eigenvalue weighted by atomic mass is 10.1. The zero-order valence-corrected chi connectivity index (χ0v) is 11.6. The number of carbonyl (C=O) groups excluding carboxylic acids is 1. The van der Waals surface area contributed by atoms with Crippen molar-refractivity contribution in [2.75, 3.05) is 7.11 Å². The van der Waals surface area contributed by atoms with Crippen LogP contribution in [0.3, 0.4) is 0 Å². The van der Waals surface area contributed by atoms with Gasteiger partial charge in [-0.05, 0) is 24.3 Å². The molecule has 3 heteroatoms.